The molecule has 0 amide bonds. The number of anilines is 1. The number of hydrogen-bond donors (Lipinski definition) is 1. The Balaban J connectivity index is 2.09. The highest BCUT2D eigenvalue weighted by Gasteiger charge is 2.41. The van der Waals surface area contributed by atoms with E-state index < -0.39 is 7.21 Å². The van der Waals surface area contributed by atoms with Crippen LogP contribution < -0.4 is 10.6 Å². The minimum atomic E-state index is -2.14. The van der Waals surface area contributed by atoms with Gasteiger partial charge in [-0.3, -0.25) is 4.67 Å². The Labute approximate surface area is 174 Å². The lowest BCUT2D eigenvalue weighted by molar-refractivity contribution is 0.0738. The summed E-state index contributed by atoms with van der Waals surface area (Å²) in [6, 6.07) is 18.9. The molecule has 150 valence electrons. The monoisotopic (exact) mass is 415 g/mol. The summed E-state index contributed by atoms with van der Waals surface area (Å²) in [6.07, 6.45) is 0. The van der Waals surface area contributed by atoms with E-state index in [0.717, 1.165) is 32.0 Å². The maximum Gasteiger partial charge on any atom is 0.197 e. The molecular formula is C22H30N3OPS. The van der Waals surface area contributed by atoms with Crippen LogP contribution in [-0.2, 0) is 4.74 Å². The smallest absolute Gasteiger partial charge is 0.197 e. The average molecular weight is 416 g/mol. The second-order valence-electron chi connectivity index (χ2n) is 8.07. The van der Waals surface area contributed by atoms with Crippen molar-refractivity contribution in [2.75, 3.05) is 31.6 Å². The number of aryl methyl sites for hydroxylation is 1. The number of nitrogens with one attached hydrogen (secondary N) is 1. The molecule has 1 heterocycles. The molecular weight excluding hydrogens is 385 g/mol. The summed E-state index contributed by atoms with van der Waals surface area (Å²) in [5.41, 5.74) is 2.20. The molecule has 6 heteroatoms. The molecule has 1 N–H and O–H groups in total. The van der Waals surface area contributed by atoms with Crippen molar-refractivity contribution in [1.29, 1.82) is 0 Å². The third-order valence-electron chi connectivity index (χ3n) is 4.99. The van der Waals surface area contributed by atoms with E-state index in [9.17, 15) is 0 Å². The summed E-state index contributed by atoms with van der Waals surface area (Å²) in [5.74, 6) is 0. The topological polar surface area (TPSA) is 36.9 Å². The average Bonchev–Trinajstić information content (AvgIpc) is 2.68. The molecule has 2 aromatic rings. The molecule has 1 aliphatic heterocycles. The SMILES string of the molecule is Cc1ccc(NC(=S)N=P(c2ccccc2)(N2CCOCC2)C(C)(C)C)cc1. The molecule has 1 fully saturated rings. The van der Waals surface area contributed by atoms with Crippen molar-refractivity contribution in [3.8, 4) is 0 Å². The predicted molar refractivity (Wildman–Crippen MR) is 125 cm³/mol. The summed E-state index contributed by atoms with van der Waals surface area (Å²) in [5, 5.41) is 5.08. The molecule has 2 aromatic carbocycles. The molecule has 1 atom stereocenters. The van der Waals surface area contributed by atoms with Crippen molar-refractivity contribution in [3.05, 3.63) is 60.2 Å². The number of benzene rings is 2. The molecule has 1 saturated heterocycles. The maximum atomic E-state index is 5.75. The zero-order chi connectivity index (χ0) is 20.2. The second-order valence-corrected chi connectivity index (χ2v) is 12.3. The van der Waals surface area contributed by atoms with Crippen molar-refractivity contribution in [3.63, 3.8) is 0 Å². The first-order valence-electron chi connectivity index (χ1n) is 9.72. The van der Waals surface area contributed by atoms with Gasteiger partial charge < -0.3 is 10.1 Å². The van der Waals surface area contributed by atoms with E-state index >= 15 is 0 Å². The first kappa shape index (κ1) is 21.2. The van der Waals surface area contributed by atoms with Gasteiger partial charge in [0.05, 0.1) is 20.4 Å². The molecule has 0 saturated carbocycles. The quantitative estimate of drug-likeness (QED) is 0.548. The number of ether oxygens (including phenoxy) is 1. The van der Waals surface area contributed by atoms with Gasteiger partial charge in [-0.2, -0.15) is 0 Å². The van der Waals surface area contributed by atoms with Gasteiger partial charge in [0.25, 0.3) is 0 Å². The summed E-state index contributed by atoms with van der Waals surface area (Å²) < 4.78 is 13.5. The first-order chi connectivity index (χ1) is 13.3. The number of rotatable bonds is 3. The predicted octanol–water partition coefficient (Wildman–Crippen LogP) is 5.26. The first-order valence-corrected chi connectivity index (χ1v) is 11.8. The van der Waals surface area contributed by atoms with Crippen LogP contribution in [0.4, 0.5) is 5.69 Å². The number of morpholine rings is 1. The van der Waals surface area contributed by atoms with Gasteiger partial charge in [0, 0.05) is 29.2 Å². The molecule has 0 radical (unpaired) electrons. The third-order valence-corrected chi connectivity index (χ3v) is 9.91. The van der Waals surface area contributed by atoms with Gasteiger partial charge in [-0.25, -0.2) is 4.74 Å². The summed E-state index contributed by atoms with van der Waals surface area (Å²) in [6.45, 7) is 12.1. The van der Waals surface area contributed by atoms with Gasteiger partial charge in [-0.15, -0.1) is 0 Å². The number of thiocarbonyl (C=S) groups is 1. The lowest BCUT2D eigenvalue weighted by atomic mass is 10.2. The van der Waals surface area contributed by atoms with Gasteiger partial charge in [0.15, 0.2) is 5.11 Å². The molecule has 0 aromatic heterocycles. The van der Waals surface area contributed by atoms with Gasteiger partial charge in [-0.05, 0) is 31.3 Å². The Morgan fingerprint density at radius 1 is 1.04 bits per heavy atom. The van der Waals surface area contributed by atoms with E-state index in [1.165, 1.54) is 10.9 Å². The van der Waals surface area contributed by atoms with Gasteiger partial charge >= 0.3 is 0 Å². The van der Waals surface area contributed by atoms with Crippen LogP contribution in [-0.4, -0.2) is 41.2 Å². The van der Waals surface area contributed by atoms with Crippen molar-refractivity contribution in [1.82, 2.24) is 4.67 Å². The van der Waals surface area contributed by atoms with Crippen molar-refractivity contribution < 1.29 is 4.74 Å². The largest absolute Gasteiger partial charge is 0.379 e. The van der Waals surface area contributed by atoms with Gasteiger partial charge in [0.2, 0.25) is 0 Å². The fourth-order valence-corrected chi connectivity index (χ4v) is 8.25. The fourth-order valence-electron chi connectivity index (χ4n) is 3.64. The molecule has 4 nitrogen and oxygen atoms in total. The molecule has 0 bridgehead atoms. The van der Waals surface area contributed by atoms with Crippen molar-refractivity contribution in [2.45, 2.75) is 32.9 Å². The van der Waals surface area contributed by atoms with Crippen LogP contribution in [0.5, 0.6) is 0 Å². The highest BCUT2D eigenvalue weighted by atomic mass is 32.1. The highest BCUT2D eigenvalue weighted by Crippen LogP contribution is 2.62. The number of nitrogens with zero attached hydrogens (tertiary/aromatic N) is 2. The third kappa shape index (κ3) is 4.55. The van der Waals surface area contributed by atoms with E-state index in [1.54, 1.807) is 0 Å². The van der Waals surface area contributed by atoms with Crippen molar-refractivity contribution in [2.24, 2.45) is 4.74 Å². The maximum absolute atomic E-state index is 5.75. The highest BCUT2D eigenvalue weighted by molar-refractivity contribution is 7.82. The minimum Gasteiger partial charge on any atom is -0.379 e. The number of hydrogen-bond acceptors (Lipinski definition) is 2. The second kappa shape index (κ2) is 8.87. The van der Waals surface area contributed by atoms with Crippen LogP contribution in [0.15, 0.2) is 59.3 Å². The lowest BCUT2D eigenvalue weighted by Gasteiger charge is -2.46. The molecule has 0 aliphatic carbocycles. The standard InChI is InChI=1S/C22H30N3OPS/c1-18-10-12-19(13-11-18)23-21(28)24-27(22(2,3)4,20-8-6-5-7-9-20)25-14-16-26-17-15-25/h5-13H,14-17H2,1-4H3,(H,23,28). The van der Waals surface area contributed by atoms with Crippen LogP contribution in [0.1, 0.15) is 26.3 Å². The van der Waals surface area contributed by atoms with Crippen LogP contribution in [0.3, 0.4) is 0 Å². The Bertz CT molecular complexity index is 854. The van der Waals surface area contributed by atoms with Crippen molar-refractivity contribution >= 4 is 35.5 Å². The summed E-state index contributed by atoms with van der Waals surface area (Å²) in [4.78, 5) is 0. The zero-order valence-electron chi connectivity index (χ0n) is 17.2. The van der Waals surface area contributed by atoms with Gasteiger partial charge in [0.1, 0.15) is 0 Å². The Morgan fingerprint density at radius 2 is 1.64 bits per heavy atom. The molecule has 1 unspecified atom stereocenters. The molecule has 1 aliphatic rings. The summed E-state index contributed by atoms with van der Waals surface area (Å²) in [7, 11) is -2.14. The molecule has 0 spiro atoms. The van der Waals surface area contributed by atoms with E-state index in [4.69, 9.17) is 21.7 Å². The molecule has 3 rings (SSSR count). The minimum absolute atomic E-state index is 0.0648. The van der Waals surface area contributed by atoms with Gasteiger partial charge in [-0.1, -0.05) is 68.8 Å². The Hall–Kier alpha value is -1.52. The van der Waals surface area contributed by atoms with Crippen LogP contribution in [0.25, 0.3) is 0 Å². The Morgan fingerprint density at radius 3 is 2.21 bits per heavy atom. The van der Waals surface area contributed by atoms with Crippen LogP contribution in [0.2, 0.25) is 0 Å². The normalized spacial score (nSPS) is 17.6. The van der Waals surface area contributed by atoms with E-state index in [2.05, 4.69) is 80.1 Å². The van der Waals surface area contributed by atoms with E-state index in [-0.39, 0.29) is 5.16 Å². The van der Waals surface area contributed by atoms with E-state index in [0.29, 0.717) is 5.11 Å². The summed E-state index contributed by atoms with van der Waals surface area (Å²) >= 11 is 5.75. The van der Waals surface area contributed by atoms with Crippen LogP contribution in [0, 0.1) is 6.92 Å². The molecule has 28 heavy (non-hydrogen) atoms. The van der Waals surface area contributed by atoms with Crippen LogP contribution >= 0.6 is 19.4 Å². The lowest BCUT2D eigenvalue weighted by Crippen LogP contribution is -2.43. The Kier molecular flexibility index (Phi) is 6.72. The zero-order valence-corrected chi connectivity index (χ0v) is 18.9. The van der Waals surface area contributed by atoms with E-state index in [1.807, 2.05) is 12.1 Å². The fraction of sp³-hybridized carbons (Fsp3) is 0.409.